The fraction of sp³-hybridized carbons (Fsp3) is 0.444. The van der Waals surface area contributed by atoms with Crippen LogP contribution in [0.1, 0.15) is 49.5 Å². The van der Waals surface area contributed by atoms with Crippen molar-refractivity contribution in [2.24, 2.45) is 5.92 Å². The molecule has 3 rings (SSSR count). The molecule has 0 aromatic heterocycles. The number of halogens is 2. The lowest BCUT2D eigenvalue weighted by atomic mass is 9.95. The molecule has 1 unspecified atom stereocenters. The Bertz CT molecular complexity index is 585. The van der Waals surface area contributed by atoms with Crippen molar-refractivity contribution in [2.45, 2.75) is 43.9 Å². The Morgan fingerprint density at radius 2 is 1.70 bits per heavy atom. The predicted octanol–water partition coefficient (Wildman–Crippen LogP) is 6.74. The topological polar surface area (TPSA) is 0 Å². The molecular formula is C18H20Cl2. The third-order valence-corrected chi connectivity index (χ3v) is 5.33. The zero-order chi connectivity index (χ0) is 13.9. The van der Waals surface area contributed by atoms with Gasteiger partial charge in [-0.1, -0.05) is 67.6 Å². The van der Waals surface area contributed by atoms with Gasteiger partial charge in [-0.2, -0.15) is 0 Å². The number of hydrogen-bond acceptors (Lipinski definition) is 0. The minimum absolute atomic E-state index is 0.0952. The first-order chi connectivity index (χ1) is 9.75. The van der Waals surface area contributed by atoms with Gasteiger partial charge in [-0.3, -0.25) is 0 Å². The monoisotopic (exact) mass is 306 g/mol. The number of fused-ring (bicyclic) bond motifs is 1. The van der Waals surface area contributed by atoms with E-state index < -0.39 is 0 Å². The van der Waals surface area contributed by atoms with Crippen LogP contribution in [0, 0.1) is 5.92 Å². The van der Waals surface area contributed by atoms with Crippen LogP contribution in [0.15, 0.2) is 36.4 Å². The molecule has 0 aliphatic heterocycles. The second kappa shape index (κ2) is 6.37. The summed E-state index contributed by atoms with van der Waals surface area (Å²) < 4.78 is 0. The lowest BCUT2D eigenvalue weighted by molar-refractivity contribution is 0.480. The second-order valence-electron chi connectivity index (χ2n) is 5.88. The smallest absolute Gasteiger partial charge is 0.0591 e. The molecule has 1 fully saturated rings. The van der Waals surface area contributed by atoms with Gasteiger partial charge in [-0.25, -0.2) is 0 Å². The van der Waals surface area contributed by atoms with Crippen LogP contribution in [0.2, 0.25) is 5.02 Å². The van der Waals surface area contributed by atoms with Crippen molar-refractivity contribution in [1.29, 1.82) is 0 Å². The second-order valence-corrected chi connectivity index (χ2v) is 6.81. The summed E-state index contributed by atoms with van der Waals surface area (Å²) in [4.78, 5) is 0. The van der Waals surface area contributed by atoms with E-state index in [1.807, 2.05) is 12.1 Å². The predicted molar refractivity (Wildman–Crippen MR) is 88.7 cm³/mol. The lowest BCUT2D eigenvalue weighted by Gasteiger charge is -2.16. The van der Waals surface area contributed by atoms with Gasteiger partial charge in [0.2, 0.25) is 0 Å². The molecule has 0 saturated heterocycles. The van der Waals surface area contributed by atoms with Crippen molar-refractivity contribution in [2.75, 3.05) is 0 Å². The van der Waals surface area contributed by atoms with Crippen LogP contribution in [0.3, 0.4) is 0 Å². The Morgan fingerprint density at radius 1 is 1.00 bits per heavy atom. The number of benzene rings is 2. The highest BCUT2D eigenvalue weighted by Gasteiger charge is 2.18. The molecule has 1 saturated carbocycles. The molecule has 1 aliphatic rings. The molecule has 0 radical (unpaired) electrons. The van der Waals surface area contributed by atoms with Crippen LogP contribution in [-0.2, 0) is 0 Å². The maximum absolute atomic E-state index is 6.67. The minimum Gasteiger partial charge on any atom is -0.118 e. The molecule has 2 heteroatoms. The third-order valence-electron chi connectivity index (χ3n) is 4.55. The van der Waals surface area contributed by atoms with E-state index in [0.29, 0.717) is 0 Å². The molecule has 2 aromatic carbocycles. The van der Waals surface area contributed by atoms with E-state index in [1.54, 1.807) is 0 Å². The van der Waals surface area contributed by atoms with Gasteiger partial charge >= 0.3 is 0 Å². The Balaban J connectivity index is 1.80. The largest absolute Gasteiger partial charge is 0.118 e. The van der Waals surface area contributed by atoms with Gasteiger partial charge in [0.15, 0.2) is 0 Å². The van der Waals surface area contributed by atoms with Gasteiger partial charge in [0.1, 0.15) is 0 Å². The summed E-state index contributed by atoms with van der Waals surface area (Å²) >= 11 is 12.9. The molecule has 0 nitrogen and oxygen atoms in total. The molecule has 20 heavy (non-hydrogen) atoms. The van der Waals surface area contributed by atoms with Gasteiger partial charge in [0, 0.05) is 10.4 Å². The Morgan fingerprint density at radius 3 is 2.45 bits per heavy atom. The number of alkyl halides is 1. The summed E-state index contributed by atoms with van der Waals surface area (Å²) in [6, 6.07) is 12.4. The average molecular weight is 307 g/mol. The summed E-state index contributed by atoms with van der Waals surface area (Å²) in [5.74, 6) is 0.898. The van der Waals surface area contributed by atoms with Gasteiger partial charge in [-0.05, 0) is 35.8 Å². The number of rotatable bonds is 4. The van der Waals surface area contributed by atoms with Gasteiger partial charge in [-0.15, -0.1) is 11.6 Å². The Hall–Kier alpha value is -0.720. The van der Waals surface area contributed by atoms with Crippen molar-refractivity contribution in [3.05, 3.63) is 47.0 Å². The lowest BCUT2D eigenvalue weighted by Crippen LogP contribution is -1.98. The van der Waals surface area contributed by atoms with Crippen molar-refractivity contribution in [3.63, 3.8) is 0 Å². The minimum atomic E-state index is 0.0952. The van der Waals surface area contributed by atoms with Crippen LogP contribution in [0.25, 0.3) is 10.8 Å². The summed E-state index contributed by atoms with van der Waals surface area (Å²) in [7, 11) is 0. The van der Waals surface area contributed by atoms with Crippen molar-refractivity contribution in [1.82, 2.24) is 0 Å². The summed E-state index contributed by atoms with van der Waals surface area (Å²) in [6.45, 7) is 0. The van der Waals surface area contributed by atoms with Crippen molar-refractivity contribution in [3.8, 4) is 0 Å². The number of hydrogen-bond donors (Lipinski definition) is 0. The van der Waals surface area contributed by atoms with E-state index >= 15 is 0 Å². The first-order valence-corrected chi connectivity index (χ1v) is 8.38. The highest BCUT2D eigenvalue weighted by molar-refractivity contribution is 6.35. The van der Waals surface area contributed by atoms with E-state index in [4.69, 9.17) is 23.2 Å². The quantitative estimate of drug-likeness (QED) is 0.548. The summed E-state index contributed by atoms with van der Waals surface area (Å²) in [5.41, 5.74) is 1.23. The molecule has 0 amide bonds. The molecule has 106 valence electrons. The fourth-order valence-electron chi connectivity index (χ4n) is 3.40. The fourth-order valence-corrected chi connectivity index (χ4v) is 3.94. The van der Waals surface area contributed by atoms with Crippen LogP contribution in [-0.4, -0.2) is 0 Å². The normalized spacial score (nSPS) is 17.7. The molecule has 1 aliphatic carbocycles. The zero-order valence-electron chi connectivity index (χ0n) is 11.6. The van der Waals surface area contributed by atoms with Crippen molar-refractivity contribution < 1.29 is 0 Å². The van der Waals surface area contributed by atoms with E-state index in [2.05, 4.69) is 24.3 Å². The molecule has 1 atom stereocenters. The Labute approximate surface area is 131 Å². The van der Waals surface area contributed by atoms with E-state index in [9.17, 15) is 0 Å². The van der Waals surface area contributed by atoms with Crippen molar-refractivity contribution >= 4 is 34.0 Å². The van der Waals surface area contributed by atoms with Crippen LogP contribution in [0.5, 0.6) is 0 Å². The molecular weight excluding hydrogens is 287 g/mol. The van der Waals surface area contributed by atoms with Crippen LogP contribution >= 0.6 is 23.2 Å². The Kier molecular flexibility index (Phi) is 4.53. The molecule has 0 bridgehead atoms. The molecule has 0 heterocycles. The van der Waals surface area contributed by atoms with Crippen LogP contribution in [0.4, 0.5) is 0 Å². The first kappa shape index (κ1) is 14.2. The average Bonchev–Trinajstić information content (AvgIpc) is 2.99. The third kappa shape index (κ3) is 2.97. The molecule has 2 aromatic rings. The SMILES string of the molecule is Clc1ccc(C(Cl)CCC2CCCC2)c2ccccc12. The summed E-state index contributed by atoms with van der Waals surface area (Å²) in [5, 5.41) is 3.21. The molecule has 0 spiro atoms. The van der Waals surface area contributed by atoms with Gasteiger partial charge < -0.3 is 0 Å². The summed E-state index contributed by atoms with van der Waals surface area (Å²) in [6.07, 6.45) is 7.92. The highest BCUT2D eigenvalue weighted by Crippen LogP contribution is 2.37. The van der Waals surface area contributed by atoms with Crippen LogP contribution < -0.4 is 0 Å². The van der Waals surface area contributed by atoms with Gasteiger partial charge in [0.25, 0.3) is 0 Å². The van der Waals surface area contributed by atoms with Gasteiger partial charge in [0.05, 0.1) is 5.38 Å². The van der Waals surface area contributed by atoms with E-state index in [1.165, 1.54) is 43.1 Å². The standard InChI is InChI=1S/C18H20Cl2/c19-17(11-9-13-5-1-2-6-13)16-10-12-18(20)15-8-4-3-7-14(15)16/h3-4,7-8,10,12-13,17H,1-2,5-6,9,11H2. The first-order valence-electron chi connectivity index (χ1n) is 7.57. The zero-order valence-corrected chi connectivity index (χ0v) is 13.1. The molecule has 0 N–H and O–H groups in total. The van der Waals surface area contributed by atoms with E-state index in [0.717, 1.165) is 22.7 Å². The maximum Gasteiger partial charge on any atom is 0.0591 e. The van der Waals surface area contributed by atoms with E-state index in [-0.39, 0.29) is 5.38 Å². The highest BCUT2D eigenvalue weighted by atomic mass is 35.5. The maximum atomic E-state index is 6.67.